The Morgan fingerprint density at radius 2 is 1.78 bits per heavy atom. The molecule has 1 saturated heterocycles. The second kappa shape index (κ2) is 8.61. The van der Waals surface area contributed by atoms with Gasteiger partial charge < -0.3 is 10.1 Å². The van der Waals surface area contributed by atoms with Gasteiger partial charge in [0.2, 0.25) is 11.8 Å². The number of carbonyl (C=O) groups excluding carboxylic acids is 4. The summed E-state index contributed by atoms with van der Waals surface area (Å²) in [4.78, 5) is 52.0. The lowest BCUT2D eigenvalue weighted by Crippen LogP contribution is -2.33. The number of rotatable bonds is 5. The second-order valence-electron chi connectivity index (χ2n) is 9.23. The van der Waals surface area contributed by atoms with Gasteiger partial charge >= 0.3 is 12.1 Å². The van der Waals surface area contributed by atoms with Crippen LogP contribution in [0, 0.1) is 23.7 Å². The van der Waals surface area contributed by atoms with E-state index in [1.807, 2.05) is 6.92 Å². The summed E-state index contributed by atoms with van der Waals surface area (Å²) in [5, 5.41) is 2.25. The topological polar surface area (TPSA) is 92.8 Å². The summed E-state index contributed by atoms with van der Waals surface area (Å²) in [5.41, 5.74) is 0.380. The van der Waals surface area contributed by atoms with E-state index in [0.717, 1.165) is 35.1 Å². The summed E-state index contributed by atoms with van der Waals surface area (Å²) in [6.45, 7) is 1.24. The number of fused-ring (bicyclic) bond motifs is 5. The average molecular weight is 498 g/mol. The molecule has 2 fully saturated rings. The lowest BCUT2D eigenvalue weighted by Gasteiger charge is -2.19. The molecule has 3 amide bonds. The largest absolute Gasteiger partial charge is 0.452 e. The second-order valence-corrected chi connectivity index (χ2v) is 9.23. The van der Waals surface area contributed by atoms with Crippen LogP contribution in [-0.2, 0) is 25.3 Å². The fourth-order valence-electron chi connectivity index (χ4n) is 5.49. The van der Waals surface area contributed by atoms with E-state index in [2.05, 4.69) is 11.4 Å². The Hall–Kier alpha value is -3.95. The fourth-order valence-corrected chi connectivity index (χ4v) is 5.49. The van der Waals surface area contributed by atoms with E-state index in [1.165, 1.54) is 24.3 Å². The number of hydrogen-bond acceptors (Lipinski definition) is 5. The standard InChI is InChI=1S/C26H21F3N2O5/c1-13-8-15-10-19(13)22-21(15)23(33)31(24(22)34)18-7-2-4-14(9-18)25(35)36-12-20(32)30-17-6-3-5-16(11-17)26(27,28)29/h2-9,11,15,19,21-22H,10,12H2,1H3,(H,30,32)/t15-,19+,21-,22-/m0/s1. The van der Waals surface area contributed by atoms with Gasteiger partial charge in [-0.1, -0.05) is 23.8 Å². The fraction of sp³-hybridized carbons (Fsp3) is 0.308. The molecule has 0 aromatic heterocycles. The summed E-state index contributed by atoms with van der Waals surface area (Å²) >= 11 is 0. The van der Waals surface area contributed by atoms with E-state index >= 15 is 0 Å². The summed E-state index contributed by atoms with van der Waals surface area (Å²) in [6, 6.07) is 9.89. The normalized spacial score (nSPS) is 24.6. The van der Waals surface area contributed by atoms with Gasteiger partial charge in [-0.2, -0.15) is 13.2 Å². The summed E-state index contributed by atoms with van der Waals surface area (Å²) in [6.07, 6.45) is -1.69. The number of hydrogen-bond donors (Lipinski definition) is 1. The molecule has 5 rings (SSSR count). The Labute approximate surface area is 203 Å². The van der Waals surface area contributed by atoms with Gasteiger partial charge in [0.05, 0.1) is 28.7 Å². The molecule has 0 radical (unpaired) electrons. The number of esters is 1. The molecule has 7 nitrogen and oxygen atoms in total. The molecular formula is C26H21F3N2O5. The summed E-state index contributed by atoms with van der Waals surface area (Å²) < 4.78 is 43.5. The molecule has 2 aliphatic carbocycles. The van der Waals surface area contributed by atoms with Crippen molar-refractivity contribution in [2.45, 2.75) is 19.5 Å². The third kappa shape index (κ3) is 4.06. The van der Waals surface area contributed by atoms with Crippen molar-refractivity contribution in [3.05, 3.63) is 71.3 Å². The number of benzene rings is 2. The van der Waals surface area contributed by atoms with Gasteiger partial charge in [0, 0.05) is 5.69 Å². The van der Waals surface area contributed by atoms with Crippen molar-refractivity contribution in [3.8, 4) is 0 Å². The predicted octanol–water partition coefficient (Wildman–Crippen LogP) is 4.20. The zero-order valence-electron chi connectivity index (χ0n) is 19.0. The molecule has 0 unspecified atom stereocenters. The van der Waals surface area contributed by atoms with Crippen molar-refractivity contribution in [3.63, 3.8) is 0 Å². The van der Waals surface area contributed by atoms with Gasteiger partial charge in [0.15, 0.2) is 6.61 Å². The number of ether oxygens (including phenoxy) is 1. The molecule has 1 heterocycles. The van der Waals surface area contributed by atoms with Crippen molar-refractivity contribution in [2.24, 2.45) is 23.7 Å². The van der Waals surface area contributed by atoms with E-state index in [1.54, 1.807) is 6.07 Å². The van der Waals surface area contributed by atoms with Crippen molar-refractivity contribution in [1.29, 1.82) is 0 Å². The zero-order valence-corrected chi connectivity index (χ0v) is 19.0. The first-order valence-corrected chi connectivity index (χ1v) is 11.3. The van der Waals surface area contributed by atoms with Crippen LogP contribution in [0.3, 0.4) is 0 Å². The highest BCUT2D eigenvalue weighted by molar-refractivity contribution is 6.23. The minimum atomic E-state index is -4.57. The smallest absolute Gasteiger partial charge is 0.416 e. The SMILES string of the molecule is CC1=C[C@H]2C[C@H]1[C@@H]1C(=O)N(c3cccc(C(=O)OCC(=O)Nc4cccc(C(F)(F)F)c4)c3)C(=O)[C@H]12. The number of allylic oxidation sites excluding steroid dienone is 2. The monoisotopic (exact) mass is 498 g/mol. The first-order valence-electron chi connectivity index (χ1n) is 11.3. The molecule has 1 saturated carbocycles. The van der Waals surface area contributed by atoms with Crippen molar-refractivity contribution < 1.29 is 37.1 Å². The molecule has 186 valence electrons. The number of amides is 3. The van der Waals surface area contributed by atoms with Crippen LogP contribution in [0.4, 0.5) is 24.5 Å². The minimum absolute atomic E-state index is 0.0225. The Morgan fingerprint density at radius 1 is 1.06 bits per heavy atom. The summed E-state index contributed by atoms with van der Waals surface area (Å²) in [7, 11) is 0. The van der Waals surface area contributed by atoms with Crippen LogP contribution in [0.1, 0.15) is 29.3 Å². The number of nitrogens with zero attached hydrogens (tertiary/aromatic N) is 1. The molecule has 2 bridgehead atoms. The highest BCUT2D eigenvalue weighted by atomic mass is 19.4. The zero-order chi connectivity index (χ0) is 25.8. The predicted molar refractivity (Wildman–Crippen MR) is 122 cm³/mol. The Bertz CT molecular complexity index is 1320. The van der Waals surface area contributed by atoms with Crippen molar-refractivity contribution >= 4 is 35.1 Å². The molecule has 3 aliphatic rings. The maximum absolute atomic E-state index is 13.1. The number of halogens is 3. The van der Waals surface area contributed by atoms with Crippen LogP contribution in [-0.4, -0.2) is 30.3 Å². The lowest BCUT2D eigenvalue weighted by molar-refractivity contribution is -0.137. The maximum atomic E-state index is 13.1. The van der Waals surface area contributed by atoms with Gasteiger partial charge in [-0.05, 0) is 61.6 Å². The van der Waals surface area contributed by atoms with Crippen LogP contribution in [0.5, 0.6) is 0 Å². The molecule has 0 spiro atoms. The van der Waals surface area contributed by atoms with Crippen molar-refractivity contribution in [1.82, 2.24) is 0 Å². The third-order valence-corrected chi connectivity index (χ3v) is 7.03. The van der Waals surface area contributed by atoms with E-state index in [0.29, 0.717) is 0 Å². The van der Waals surface area contributed by atoms with E-state index in [9.17, 15) is 32.3 Å². The molecule has 4 atom stereocenters. The molecule has 1 aliphatic heterocycles. The van der Waals surface area contributed by atoms with Gasteiger partial charge in [-0.25, -0.2) is 9.69 Å². The van der Waals surface area contributed by atoms with Gasteiger partial charge in [0.25, 0.3) is 5.91 Å². The molecule has 10 heteroatoms. The van der Waals surface area contributed by atoms with Crippen LogP contribution in [0.15, 0.2) is 60.2 Å². The third-order valence-electron chi connectivity index (χ3n) is 7.03. The Morgan fingerprint density at radius 3 is 2.53 bits per heavy atom. The average Bonchev–Trinajstić information content (AvgIpc) is 3.47. The van der Waals surface area contributed by atoms with Crippen LogP contribution in [0.25, 0.3) is 0 Å². The van der Waals surface area contributed by atoms with E-state index < -0.39 is 30.2 Å². The Kier molecular flexibility index (Phi) is 5.69. The van der Waals surface area contributed by atoms with Crippen LogP contribution >= 0.6 is 0 Å². The number of alkyl halides is 3. The number of carbonyl (C=O) groups is 4. The maximum Gasteiger partial charge on any atom is 0.416 e. The minimum Gasteiger partial charge on any atom is -0.452 e. The van der Waals surface area contributed by atoms with Gasteiger partial charge in [-0.3, -0.25) is 14.4 Å². The first kappa shape index (κ1) is 23.8. The van der Waals surface area contributed by atoms with Gasteiger partial charge in [-0.15, -0.1) is 0 Å². The summed E-state index contributed by atoms with van der Waals surface area (Å²) in [5.74, 6) is -2.94. The number of nitrogens with one attached hydrogen (secondary N) is 1. The van der Waals surface area contributed by atoms with E-state index in [4.69, 9.17) is 4.74 Å². The first-order chi connectivity index (χ1) is 17.0. The molecule has 1 N–H and O–H groups in total. The highest BCUT2D eigenvalue weighted by Gasteiger charge is 2.60. The van der Waals surface area contributed by atoms with Crippen LogP contribution in [0.2, 0.25) is 0 Å². The lowest BCUT2D eigenvalue weighted by atomic mass is 9.82. The highest BCUT2D eigenvalue weighted by Crippen LogP contribution is 2.55. The molecular weight excluding hydrogens is 477 g/mol. The van der Waals surface area contributed by atoms with Crippen LogP contribution < -0.4 is 10.2 Å². The Balaban J connectivity index is 1.23. The van der Waals surface area contributed by atoms with Crippen molar-refractivity contribution in [2.75, 3.05) is 16.8 Å². The van der Waals surface area contributed by atoms with Gasteiger partial charge in [0.1, 0.15) is 0 Å². The molecule has 2 aromatic carbocycles. The number of imide groups is 1. The number of anilines is 2. The molecule has 2 aromatic rings. The van der Waals surface area contributed by atoms with E-state index in [-0.39, 0.29) is 52.4 Å². The molecule has 36 heavy (non-hydrogen) atoms. The quantitative estimate of drug-likeness (QED) is 0.379.